The zero-order chi connectivity index (χ0) is 12.8. The van der Waals surface area contributed by atoms with E-state index in [2.05, 4.69) is 12.2 Å². The number of hydrogen-bond donors (Lipinski definition) is 1. The molecule has 4 nitrogen and oxygen atoms in total. The van der Waals surface area contributed by atoms with Crippen LogP contribution in [0.5, 0.6) is 0 Å². The van der Waals surface area contributed by atoms with Crippen LogP contribution >= 0.6 is 0 Å². The molecule has 1 fully saturated rings. The standard InChI is InChI=1S/C10H20N2O2.C2H6/c1-8-7-12(6-5-11-8)9(13)14-10(2,3)4;1-2/h8,11H,5-7H2,1-4H3;1-2H3. The summed E-state index contributed by atoms with van der Waals surface area (Å²) in [6, 6.07) is 0.358. The Morgan fingerprint density at radius 1 is 1.38 bits per heavy atom. The molecular formula is C12H26N2O2. The molecule has 0 saturated carbocycles. The van der Waals surface area contributed by atoms with E-state index in [0.29, 0.717) is 6.04 Å². The summed E-state index contributed by atoms with van der Waals surface area (Å²) in [4.78, 5) is 13.4. The maximum Gasteiger partial charge on any atom is 0.410 e. The van der Waals surface area contributed by atoms with Crippen LogP contribution in [0.3, 0.4) is 0 Å². The Kier molecular flexibility index (Phi) is 6.41. The van der Waals surface area contributed by atoms with Crippen molar-refractivity contribution in [1.29, 1.82) is 0 Å². The smallest absolute Gasteiger partial charge is 0.410 e. The zero-order valence-corrected chi connectivity index (χ0v) is 11.5. The first kappa shape index (κ1) is 15.2. The van der Waals surface area contributed by atoms with Crippen LogP contribution in [-0.4, -0.2) is 42.3 Å². The quantitative estimate of drug-likeness (QED) is 0.694. The molecule has 0 spiro atoms. The van der Waals surface area contributed by atoms with Gasteiger partial charge >= 0.3 is 6.09 Å². The minimum absolute atomic E-state index is 0.203. The maximum absolute atomic E-state index is 11.6. The second kappa shape index (κ2) is 6.74. The highest BCUT2D eigenvalue weighted by Crippen LogP contribution is 2.11. The van der Waals surface area contributed by atoms with Crippen LogP contribution < -0.4 is 5.32 Å². The number of hydrogen-bond acceptors (Lipinski definition) is 3. The lowest BCUT2D eigenvalue weighted by Crippen LogP contribution is -2.52. The van der Waals surface area contributed by atoms with Crippen molar-refractivity contribution in [3.05, 3.63) is 0 Å². The molecule has 1 N–H and O–H groups in total. The molecular weight excluding hydrogens is 204 g/mol. The largest absolute Gasteiger partial charge is 0.444 e. The Bertz CT molecular complexity index is 212. The lowest BCUT2D eigenvalue weighted by atomic mass is 10.2. The minimum atomic E-state index is -0.398. The monoisotopic (exact) mass is 230 g/mol. The van der Waals surface area contributed by atoms with Gasteiger partial charge in [0.2, 0.25) is 0 Å². The van der Waals surface area contributed by atoms with E-state index in [4.69, 9.17) is 4.74 Å². The summed E-state index contributed by atoms with van der Waals surface area (Å²) in [5.41, 5.74) is -0.398. The number of carbonyl (C=O) groups is 1. The van der Waals surface area contributed by atoms with Crippen LogP contribution in [-0.2, 0) is 4.74 Å². The predicted molar refractivity (Wildman–Crippen MR) is 66.6 cm³/mol. The fraction of sp³-hybridized carbons (Fsp3) is 0.917. The van der Waals surface area contributed by atoms with E-state index in [0.717, 1.165) is 19.6 Å². The predicted octanol–water partition coefficient (Wildman–Crippen LogP) is 2.24. The molecule has 4 heteroatoms. The van der Waals surface area contributed by atoms with Gasteiger partial charge < -0.3 is 15.0 Å². The molecule has 1 atom stereocenters. The van der Waals surface area contributed by atoms with Gasteiger partial charge in [0.05, 0.1) is 0 Å². The number of ether oxygens (including phenoxy) is 1. The number of amides is 1. The highest BCUT2D eigenvalue weighted by atomic mass is 16.6. The lowest BCUT2D eigenvalue weighted by Gasteiger charge is -2.33. The maximum atomic E-state index is 11.6. The summed E-state index contributed by atoms with van der Waals surface area (Å²) >= 11 is 0. The molecule has 1 saturated heterocycles. The SMILES string of the molecule is CC.CC1CN(C(=O)OC(C)(C)C)CCN1. The normalized spacial score (nSPS) is 20.9. The van der Waals surface area contributed by atoms with Crippen LogP contribution in [0.15, 0.2) is 0 Å². The fourth-order valence-corrected chi connectivity index (χ4v) is 1.42. The molecule has 96 valence electrons. The highest BCUT2D eigenvalue weighted by molar-refractivity contribution is 5.68. The van der Waals surface area contributed by atoms with E-state index in [-0.39, 0.29) is 6.09 Å². The molecule has 1 heterocycles. The molecule has 0 aromatic heterocycles. The molecule has 1 aliphatic rings. The fourth-order valence-electron chi connectivity index (χ4n) is 1.42. The summed E-state index contributed by atoms with van der Waals surface area (Å²) < 4.78 is 5.28. The van der Waals surface area contributed by atoms with Crippen molar-refractivity contribution >= 4 is 6.09 Å². The zero-order valence-electron chi connectivity index (χ0n) is 11.5. The van der Waals surface area contributed by atoms with Crippen molar-refractivity contribution in [2.24, 2.45) is 0 Å². The summed E-state index contributed by atoms with van der Waals surface area (Å²) in [6.07, 6.45) is -0.203. The third-order valence-corrected chi connectivity index (χ3v) is 2.02. The second-order valence-electron chi connectivity index (χ2n) is 4.78. The summed E-state index contributed by atoms with van der Waals surface area (Å²) in [6.45, 7) is 14.0. The lowest BCUT2D eigenvalue weighted by molar-refractivity contribution is 0.0201. The van der Waals surface area contributed by atoms with Crippen molar-refractivity contribution in [2.75, 3.05) is 19.6 Å². The summed E-state index contributed by atoms with van der Waals surface area (Å²) in [7, 11) is 0. The van der Waals surface area contributed by atoms with E-state index in [1.165, 1.54) is 0 Å². The van der Waals surface area contributed by atoms with E-state index in [1.54, 1.807) is 4.90 Å². The third-order valence-electron chi connectivity index (χ3n) is 2.02. The average Bonchev–Trinajstić information content (AvgIpc) is 2.18. The molecule has 1 unspecified atom stereocenters. The third kappa shape index (κ3) is 5.95. The average molecular weight is 230 g/mol. The van der Waals surface area contributed by atoms with Gasteiger partial charge in [0.25, 0.3) is 0 Å². The van der Waals surface area contributed by atoms with Crippen molar-refractivity contribution < 1.29 is 9.53 Å². The van der Waals surface area contributed by atoms with Crippen LogP contribution in [0.2, 0.25) is 0 Å². The minimum Gasteiger partial charge on any atom is -0.444 e. The highest BCUT2D eigenvalue weighted by Gasteiger charge is 2.25. The van der Waals surface area contributed by atoms with Crippen LogP contribution in [0.1, 0.15) is 41.5 Å². The van der Waals surface area contributed by atoms with E-state index >= 15 is 0 Å². The van der Waals surface area contributed by atoms with Crippen molar-refractivity contribution in [1.82, 2.24) is 10.2 Å². The Balaban J connectivity index is 0.00000106. The van der Waals surface area contributed by atoms with E-state index < -0.39 is 5.60 Å². The Morgan fingerprint density at radius 3 is 2.38 bits per heavy atom. The van der Waals surface area contributed by atoms with Gasteiger partial charge in [-0.15, -0.1) is 0 Å². The van der Waals surface area contributed by atoms with Gasteiger partial charge in [-0.1, -0.05) is 13.8 Å². The van der Waals surface area contributed by atoms with Crippen molar-refractivity contribution in [2.45, 2.75) is 53.2 Å². The number of rotatable bonds is 0. The van der Waals surface area contributed by atoms with Crippen molar-refractivity contribution in [3.63, 3.8) is 0 Å². The summed E-state index contributed by atoms with van der Waals surface area (Å²) in [5, 5.41) is 3.28. The first-order valence-electron chi connectivity index (χ1n) is 6.10. The molecule has 0 radical (unpaired) electrons. The molecule has 0 bridgehead atoms. The Hall–Kier alpha value is -0.770. The van der Waals surface area contributed by atoms with Crippen LogP contribution in [0.25, 0.3) is 0 Å². The van der Waals surface area contributed by atoms with Crippen molar-refractivity contribution in [3.8, 4) is 0 Å². The Labute approximate surface area is 99.3 Å². The van der Waals surface area contributed by atoms with Crippen LogP contribution in [0, 0.1) is 0 Å². The number of carbonyl (C=O) groups excluding carboxylic acids is 1. The van der Waals surface area contributed by atoms with Gasteiger partial charge in [-0.05, 0) is 27.7 Å². The van der Waals surface area contributed by atoms with Gasteiger partial charge in [-0.3, -0.25) is 0 Å². The molecule has 16 heavy (non-hydrogen) atoms. The van der Waals surface area contributed by atoms with Gasteiger partial charge in [-0.25, -0.2) is 4.79 Å². The number of nitrogens with zero attached hydrogens (tertiary/aromatic N) is 1. The molecule has 0 aromatic carbocycles. The van der Waals surface area contributed by atoms with E-state index in [1.807, 2.05) is 34.6 Å². The first-order chi connectivity index (χ1) is 7.38. The molecule has 1 rings (SSSR count). The van der Waals surface area contributed by atoms with Gasteiger partial charge in [-0.2, -0.15) is 0 Å². The molecule has 0 aromatic rings. The second-order valence-corrected chi connectivity index (χ2v) is 4.78. The van der Waals surface area contributed by atoms with Crippen LogP contribution in [0.4, 0.5) is 4.79 Å². The number of nitrogens with one attached hydrogen (secondary N) is 1. The van der Waals surface area contributed by atoms with Gasteiger partial charge in [0.1, 0.15) is 5.60 Å². The molecule has 1 amide bonds. The number of piperazine rings is 1. The topological polar surface area (TPSA) is 41.6 Å². The molecule has 0 aliphatic carbocycles. The summed E-state index contributed by atoms with van der Waals surface area (Å²) in [5.74, 6) is 0. The molecule has 1 aliphatic heterocycles. The first-order valence-corrected chi connectivity index (χ1v) is 6.10. The van der Waals surface area contributed by atoms with E-state index in [9.17, 15) is 4.79 Å². The van der Waals surface area contributed by atoms with Gasteiger partial charge in [0, 0.05) is 25.7 Å². The van der Waals surface area contributed by atoms with Gasteiger partial charge in [0.15, 0.2) is 0 Å². The Morgan fingerprint density at radius 2 is 1.94 bits per heavy atom.